The largest absolute Gasteiger partial charge is 0.465 e. The van der Waals surface area contributed by atoms with Crippen LogP contribution in [0.1, 0.15) is 18.9 Å². The maximum atomic E-state index is 11.8. The third kappa shape index (κ3) is 3.71. The molecule has 6 heteroatoms. The Bertz CT molecular complexity index is 464. The Kier molecular flexibility index (Phi) is 4.95. The fourth-order valence-electron chi connectivity index (χ4n) is 1.93. The molecule has 1 fully saturated rings. The van der Waals surface area contributed by atoms with Gasteiger partial charge in [-0.1, -0.05) is 30.3 Å². The average molecular weight is 278 g/mol. The van der Waals surface area contributed by atoms with Crippen LogP contribution in [0.4, 0.5) is 4.79 Å². The second kappa shape index (κ2) is 6.91. The van der Waals surface area contributed by atoms with Gasteiger partial charge in [0.15, 0.2) is 0 Å². The lowest BCUT2D eigenvalue weighted by atomic mass is 10.2. The Labute approximate surface area is 117 Å². The monoisotopic (exact) mass is 278 g/mol. The zero-order valence-electron chi connectivity index (χ0n) is 11.4. The van der Waals surface area contributed by atoms with E-state index < -0.39 is 12.1 Å². The third-order valence-corrected chi connectivity index (χ3v) is 2.95. The molecule has 1 amide bonds. The lowest BCUT2D eigenvalue weighted by Gasteiger charge is -2.17. The quantitative estimate of drug-likeness (QED) is 0.845. The first-order chi connectivity index (χ1) is 9.70. The van der Waals surface area contributed by atoms with E-state index in [9.17, 15) is 9.59 Å². The first kappa shape index (κ1) is 14.3. The minimum absolute atomic E-state index is 0.210. The van der Waals surface area contributed by atoms with E-state index in [1.807, 2.05) is 30.3 Å². The number of hydrazine groups is 1. The summed E-state index contributed by atoms with van der Waals surface area (Å²) in [6, 6.07) is 8.96. The highest BCUT2D eigenvalue weighted by atomic mass is 16.6. The van der Waals surface area contributed by atoms with E-state index in [4.69, 9.17) is 9.47 Å². The Balaban J connectivity index is 1.78. The van der Waals surface area contributed by atoms with Crippen molar-refractivity contribution in [3.63, 3.8) is 0 Å². The first-order valence-electron chi connectivity index (χ1n) is 6.61. The molecule has 108 valence electrons. The van der Waals surface area contributed by atoms with Gasteiger partial charge in [0.1, 0.15) is 12.6 Å². The molecule has 1 heterocycles. The number of carbonyl (C=O) groups is 2. The maximum Gasteiger partial charge on any atom is 0.424 e. The summed E-state index contributed by atoms with van der Waals surface area (Å²) in [5.41, 5.74) is 3.71. The molecule has 0 bridgehead atoms. The molecule has 0 radical (unpaired) electrons. The van der Waals surface area contributed by atoms with Gasteiger partial charge in [-0.15, -0.1) is 0 Å². The molecule has 2 rings (SSSR count). The van der Waals surface area contributed by atoms with Crippen LogP contribution in [-0.2, 0) is 20.9 Å². The van der Waals surface area contributed by atoms with E-state index in [0.29, 0.717) is 19.6 Å². The summed E-state index contributed by atoms with van der Waals surface area (Å²) >= 11 is 0. The summed E-state index contributed by atoms with van der Waals surface area (Å²) in [4.78, 5) is 23.4. The van der Waals surface area contributed by atoms with Crippen molar-refractivity contribution in [2.75, 3.05) is 13.2 Å². The summed E-state index contributed by atoms with van der Waals surface area (Å²) in [5.74, 6) is -0.342. The average Bonchev–Trinajstić information content (AvgIpc) is 2.96. The number of benzene rings is 1. The van der Waals surface area contributed by atoms with E-state index in [1.54, 1.807) is 6.92 Å². The standard InChI is InChI=1S/C14H18N2O4/c1-2-19-13(17)12-8-9-16(15-12)14(18)20-10-11-6-4-3-5-7-11/h3-7,12,15H,2,8-10H2,1H3/t12-/m0/s1. The lowest BCUT2D eigenvalue weighted by molar-refractivity contribution is -0.145. The van der Waals surface area contributed by atoms with Crippen LogP contribution in [0, 0.1) is 0 Å². The Morgan fingerprint density at radius 2 is 2.05 bits per heavy atom. The second-order valence-electron chi connectivity index (χ2n) is 4.41. The van der Waals surface area contributed by atoms with E-state index in [1.165, 1.54) is 5.01 Å². The number of nitrogens with zero attached hydrogens (tertiary/aromatic N) is 1. The molecule has 0 aromatic heterocycles. The van der Waals surface area contributed by atoms with E-state index in [2.05, 4.69) is 5.43 Å². The highest BCUT2D eigenvalue weighted by Gasteiger charge is 2.32. The van der Waals surface area contributed by atoms with Crippen LogP contribution < -0.4 is 5.43 Å². The van der Waals surface area contributed by atoms with Crippen molar-refractivity contribution in [3.8, 4) is 0 Å². The summed E-state index contributed by atoms with van der Waals surface area (Å²) in [5, 5.41) is 1.31. The molecule has 1 aliphatic rings. The van der Waals surface area contributed by atoms with Crippen LogP contribution >= 0.6 is 0 Å². The normalized spacial score (nSPS) is 17.9. The topological polar surface area (TPSA) is 67.9 Å². The van der Waals surface area contributed by atoms with Gasteiger partial charge in [0.2, 0.25) is 0 Å². The van der Waals surface area contributed by atoms with Crippen LogP contribution in [0.5, 0.6) is 0 Å². The zero-order valence-corrected chi connectivity index (χ0v) is 11.4. The molecule has 20 heavy (non-hydrogen) atoms. The summed E-state index contributed by atoms with van der Waals surface area (Å²) < 4.78 is 10.1. The third-order valence-electron chi connectivity index (χ3n) is 2.95. The predicted octanol–water partition coefficient (Wildman–Crippen LogP) is 1.47. The molecule has 1 N–H and O–H groups in total. The van der Waals surface area contributed by atoms with Crippen molar-refractivity contribution in [2.45, 2.75) is 26.0 Å². The van der Waals surface area contributed by atoms with Gasteiger partial charge in [-0.3, -0.25) is 4.79 Å². The van der Waals surface area contributed by atoms with Gasteiger partial charge in [0.05, 0.1) is 6.61 Å². The molecule has 1 saturated heterocycles. The Hall–Kier alpha value is -2.08. The van der Waals surface area contributed by atoms with Gasteiger partial charge < -0.3 is 9.47 Å². The highest BCUT2D eigenvalue weighted by Crippen LogP contribution is 2.10. The number of esters is 1. The fourth-order valence-corrected chi connectivity index (χ4v) is 1.93. The Morgan fingerprint density at radius 3 is 2.75 bits per heavy atom. The number of ether oxygens (including phenoxy) is 2. The lowest BCUT2D eigenvalue weighted by Crippen LogP contribution is -2.43. The number of nitrogens with one attached hydrogen (secondary N) is 1. The molecule has 0 aliphatic carbocycles. The van der Waals surface area contributed by atoms with Crippen LogP contribution in [0.2, 0.25) is 0 Å². The van der Waals surface area contributed by atoms with Gasteiger partial charge in [0, 0.05) is 6.54 Å². The molecule has 6 nitrogen and oxygen atoms in total. The van der Waals surface area contributed by atoms with E-state index in [-0.39, 0.29) is 12.6 Å². The van der Waals surface area contributed by atoms with Gasteiger partial charge in [-0.25, -0.2) is 15.2 Å². The molecular weight excluding hydrogens is 260 g/mol. The van der Waals surface area contributed by atoms with Crippen LogP contribution in [0.15, 0.2) is 30.3 Å². The van der Waals surface area contributed by atoms with E-state index >= 15 is 0 Å². The summed E-state index contributed by atoms with van der Waals surface area (Å²) in [6.45, 7) is 2.72. The Morgan fingerprint density at radius 1 is 1.30 bits per heavy atom. The fraction of sp³-hybridized carbons (Fsp3) is 0.429. The smallest absolute Gasteiger partial charge is 0.424 e. The van der Waals surface area contributed by atoms with Crippen molar-refractivity contribution in [3.05, 3.63) is 35.9 Å². The molecule has 0 unspecified atom stereocenters. The molecule has 1 aromatic carbocycles. The van der Waals surface area contributed by atoms with Crippen molar-refractivity contribution < 1.29 is 19.1 Å². The van der Waals surface area contributed by atoms with Crippen LogP contribution in [0.25, 0.3) is 0 Å². The SMILES string of the molecule is CCOC(=O)[C@@H]1CCN(C(=O)OCc2ccccc2)N1. The minimum atomic E-state index is -0.486. The molecule has 1 aliphatic heterocycles. The number of hydrogen-bond donors (Lipinski definition) is 1. The van der Waals surface area contributed by atoms with E-state index in [0.717, 1.165) is 5.56 Å². The second-order valence-corrected chi connectivity index (χ2v) is 4.41. The number of hydrogen-bond acceptors (Lipinski definition) is 5. The zero-order chi connectivity index (χ0) is 14.4. The van der Waals surface area contributed by atoms with Gasteiger partial charge >= 0.3 is 12.1 Å². The molecule has 1 atom stereocenters. The highest BCUT2D eigenvalue weighted by molar-refractivity contribution is 5.77. The number of rotatable bonds is 4. The van der Waals surface area contributed by atoms with Crippen molar-refractivity contribution in [2.24, 2.45) is 0 Å². The molecular formula is C14H18N2O4. The number of amides is 1. The van der Waals surface area contributed by atoms with Crippen molar-refractivity contribution in [1.29, 1.82) is 0 Å². The minimum Gasteiger partial charge on any atom is -0.465 e. The van der Waals surface area contributed by atoms with Gasteiger partial charge in [-0.2, -0.15) is 0 Å². The molecule has 0 spiro atoms. The van der Waals surface area contributed by atoms with Crippen molar-refractivity contribution >= 4 is 12.1 Å². The molecule has 1 aromatic rings. The van der Waals surface area contributed by atoms with Gasteiger partial charge in [0.25, 0.3) is 0 Å². The first-order valence-corrected chi connectivity index (χ1v) is 6.61. The number of carbonyl (C=O) groups excluding carboxylic acids is 2. The summed E-state index contributed by atoms with van der Waals surface area (Å²) in [6.07, 6.45) is 0.0415. The van der Waals surface area contributed by atoms with Gasteiger partial charge in [-0.05, 0) is 18.9 Å². The van der Waals surface area contributed by atoms with Crippen LogP contribution in [-0.4, -0.2) is 36.3 Å². The van der Waals surface area contributed by atoms with Crippen LogP contribution in [0.3, 0.4) is 0 Å². The predicted molar refractivity (Wildman–Crippen MR) is 71.5 cm³/mol. The van der Waals surface area contributed by atoms with Crippen molar-refractivity contribution in [1.82, 2.24) is 10.4 Å². The maximum absolute atomic E-state index is 11.8. The molecule has 0 saturated carbocycles. The summed E-state index contributed by atoms with van der Waals surface area (Å²) in [7, 11) is 0.